The zero-order chi connectivity index (χ0) is 16.9. The van der Waals surface area contributed by atoms with Crippen molar-refractivity contribution in [2.24, 2.45) is 0 Å². The number of aromatic nitrogens is 2. The molecule has 1 fully saturated rings. The number of hydrogen-bond donors (Lipinski definition) is 1. The van der Waals surface area contributed by atoms with Crippen molar-refractivity contribution in [1.29, 1.82) is 0 Å². The second-order valence-electron chi connectivity index (χ2n) is 6.81. The molecule has 0 amide bonds. The lowest BCUT2D eigenvalue weighted by Crippen LogP contribution is -2.55. The number of rotatable bonds is 6. The van der Waals surface area contributed by atoms with E-state index in [1.807, 2.05) is 12.3 Å². The number of hydrogen-bond acceptors (Lipinski definition) is 4. The van der Waals surface area contributed by atoms with Gasteiger partial charge in [-0.25, -0.2) is 0 Å². The number of pyridine rings is 1. The molecule has 0 unspecified atom stereocenters. The van der Waals surface area contributed by atoms with E-state index in [1.165, 1.54) is 5.69 Å². The average molecular weight is 328 g/mol. The standard InChI is InChI=1S/C19H28N4O/c1-16(2)22-11-10-21(15-19(22)7-12-24)14-18-6-4-9-23(18)17-5-3-8-20-13-17/h3-6,8-9,13,16,19,24H,7,10-12,14-15H2,1-2H3/t19-/m0/s1. The predicted octanol–water partition coefficient (Wildman–Crippen LogP) is 2.15. The van der Waals surface area contributed by atoms with Gasteiger partial charge in [-0.15, -0.1) is 0 Å². The molecule has 0 aromatic carbocycles. The lowest BCUT2D eigenvalue weighted by Gasteiger charge is -2.43. The molecule has 1 aliphatic rings. The molecule has 3 rings (SSSR count). The Hall–Kier alpha value is -1.69. The molecule has 0 saturated carbocycles. The van der Waals surface area contributed by atoms with E-state index in [2.05, 4.69) is 57.6 Å². The lowest BCUT2D eigenvalue weighted by molar-refractivity contribution is 0.0342. The van der Waals surface area contributed by atoms with Crippen molar-refractivity contribution in [3.8, 4) is 5.69 Å². The first-order valence-corrected chi connectivity index (χ1v) is 8.84. The third-order valence-electron chi connectivity index (χ3n) is 4.88. The first-order valence-electron chi connectivity index (χ1n) is 8.84. The van der Waals surface area contributed by atoms with E-state index < -0.39 is 0 Å². The van der Waals surface area contributed by atoms with E-state index in [0.29, 0.717) is 12.1 Å². The summed E-state index contributed by atoms with van der Waals surface area (Å²) in [7, 11) is 0. The fraction of sp³-hybridized carbons (Fsp3) is 0.526. The summed E-state index contributed by atoms with van der Waals surface area (Å²) in [5, 5.41) is 9.40. The van der Waals surface area contributed by atoms with Gasteiger partial charge in [-0.1, -0.05) is 0 Å². The smallest absolute Gasteiger partial charge is 0.0636 e. The maximum atomic E-state index is 9.40. The zero-order valence-corrected chi connectivity index (χ0v) is 14.7. The summed E-state index contributed by atoms with van der Waals surface area (Å²) in [5.74, 6) is 0. The van der Waals surface area contributed by atoms with E-state index in [1.54, 1.807) is 6.20 Å². The number of aliphatic hydroxyl groups is 1. The SMILES string of the molecule is CC(C)N1CCN(Cc2cccn2-c2cccnc2)C[C@@H]1CCO. The van der Waals surface area contributed by atoms with E-state index in [0.717, 1.165) is 38.3 Å². The summed E-state index contributed by atoms with van der Waals surface area (Å²) in [6, 6.07) is 9.30. The van der Waals surface area contributed by atoms with Crippen molar-refractivity contribution in [3.05, 3.63) is 48.5 Å². The van der Waals surface area contributed by atoms with E-state index in [9.17, 15) is 5.11 Å². The third-order valence-corrected chi connectivity index (χ3v) is 4.88. The van der Waals surface area contributed by atoms with Crippen molar-refractivity contribution < 1.29 is 5.11 Å². The van der Waals surface area contributed by atoms with Crippen LogP contribution in [-0.4, -0.2) is 62.8 Å². The Bertz CT molecular complexity index is 625. The molecule has 0 aliphatic carbocycles. The van der Waals surface area contributed by atoms with E-state index in [-0.39, 0.29) is 6.61 Å². The Morgan fingerprint density at radius 3 is 2.83 bits per heavy atom. The van der Waals surface area contributed by atoms with Crippen LogP contribution in [0.1, 0.15) is 26.0 Å². The molecule has 1 atom stereocenters. The summed E-state index contributed by atoms with van der Waals surface area (Å²) < 4.78 is 2.21. The maximum Gasteiger partial charge on any atom is 0.0636 e. The highest BCUT2D eigenvalue weighted by Gasteiger charge is 2.28. The van der Waals surface area contributed by atoms with Crippen LogP contribution in [0, 0.1) is 0 Å². The second kappa shape index (κ2) is 7.92. The van der Waals surface area contributed by atoms with Crippen LogP contribution < -0.4 is 0 Å². The van der Waals surface area contributed by atoms with Crippen molar-refractivity contribution in [2.75, 3.05) is 26.2 Å². The third kappa shape index (κ3) is 3.86. The fourth-order valence-electron chi connectivity index (χ4n) is 3.69. The molecule has 1 aliphatic heterocycles. The first kappa shape index (κ1) is 17.1. The molecule has 130 valence electrons. The molecular formula is C19H28N4O. The van der Waals surface area contributed by atoms with Crippen molar-refractivity contribution in [2.45, 2.75) is 38.9 Å². The van der Waals surface area contributed by atoms with Gasteiger partial charge in [-0.05, 0) is 44.5 Å². The minimum absolute atomic E-state index is 0.258. The molecule has 2 aromatic rings. The fourth-order valence-corrected chi connectivity index (χ4v) is 3.69. The van der Waals surface area contributed by atoms with Gasteiger partial charge in [0.05, 0.1) is 11.9 Å². The second-order valence-corrected chi connectivity index (χ2v) is 6.81. The Morgan fingerprint density at radius 2 is 2.12 bits per heavy atom. The Morgan fingerprint density at radius 1 is 1.25 bits per heavy atom. The van der Waals surface area contributed by atoms with Gasteiger partial charge in [0.15, 0.2) is 0 Å². The molecule has 1 saturated heterocycles. The lowest BCUT2D eigenvalue weighted by atomic mass is 10.1. The summed E-state index contributed by atoms with van der Waals surface area (Å²) in [6.45, 7) is 8.82. The molecule has 1 N–H and O–H groups in total. The highest BCUT2D eigenvalue weighted by atomic mass is 16.3. The summed E-state index contributed by atoms with van der Waals surface area (Å²) in [4.78, 5) is 9.25. The van der Waals surface area contributed by atoms with Crippen LogP contribution in [-0.2, 0) is 6.54 Å². The minimum Gasteiger partial charge on any atom is -0.396 e. The van der Waals surface area contributed by atoms with Crippen LogP contribution in [0.4, 0.5) is 0 Å². The van der Waals surface area contributed by atoms with Gasteiger partial charge in [0.25, 0.3) is 0 Å². The van der Waals surface area contributed by atoms with Crippen LogP contribution in [0.5, 0.6) is 0 Å². The van der Waals surface area contributed by atoms with Crippen LogP contribution >= 0.6 is 0 Å². The topological polar surface area (TPSA) is 44.5 Å². The van der Waals surface area contributed by atoms with Gasteiger partial charge in [-0.3, -0.25) is 14.8 Å². The van der Waals surface area contributed by atoms with Gasteiger partial charge in [-0.2, -0.15) is 0 Å². The van der Waals surface area contributed by atoms with E-state index in [4.69, 9.17) is 0 Å². The molecule has 3 heterocycles. The van der Waals surface area contributed by atoms with Crippen LogP contribution in [0.2, 0.25) is 0 Å². The van der Waals surface area contributed by atoms with Crippen LogP contribution in [0.25, 0.3) is 5.69 Å². The normalized spacial score (nSPS) is 19.9. The number of aliphatic hydroxyl groups excluding tert-OH is 1. The molecule has 24 heavy (non-hydrogen) atoms. The van der Waals surface area contributed by atoms with Gasteiger partial charge in [0.1, 0.15) is 0 Å². The van der Waals surface area contributed by atoms with Crippen molar-refractivity contribution >= 4 is 0 Å². The van der Waals surface area contributed by atoms with Crippen LogP contribution in [0.15, 0.2) is 42.9 Å². The molecular weight excluding hydrogens is 300 g/mol. The first-order chi connectivity index (χ1) is 11.7. The van der Waals surface area contributed by atoms with Crippen molar-refractivity contribution in [1.82, 2.24) is 19.4 Å². The predicted molar refractivity (Wildman–Crippen MR) is 96.2 cm³/mol. The molecule has 5 nitrogen and oxygen atoms in total. The average Bonchev–Trinajstić information content (AvgIpc) is 3.04. The molecule has 0 radical (unpaired) electrons. The number of nitrogens with zero attached hydrogens (tertiary/aromatic N) is 4. The molecule has 0 bridgehead atoms. The molecule has 5 heteroatoms. The zero-order valence-electron chi connectivity index (χ0n) is 14.7. The van der Waals surface area contributed by atoms with Gasteiger partial charge < -0.3 is 9.67 Å². The van der Waals surface area contributed by atoms with Crippen LogP contribution in [0.3, 0.4) is 0 Å². The quantitative estimate of drug-likeness (QED) is 0.882. The van der Waals surface area contributed by atoms with Gasteiger partial charge in [0.2, 0.25) is 0 Å². The van der Waals surface area contributed by atoms with Crippen molar-refractivity contribution in [3.63, 3.8) is 0 Å². The molecule has 2 aromatic heterocycles. The molecule has 0 spiro atoms. The van der Waals surface area contributed by atoms with Gasteiger partial charge in [0, 0.05) is 63.0 Å². The maximum absolute atomic E-state index is 9.40. The number of piperazine rings is 1. The Balaban J connectivity index is 1.70. The monoisotopic (exact) mass is 328 g/mol. The summed E-state index contributed by atoms with van der Waals surface area (Å²) in [6.07, 6.45) is 6.65. The highest BCUT2D eigenvalue weighted by molar-refractivity contribution is 5.32. The Kier molecular flexibility index (Phi) is 5.66. The minimum atomic E-state index is 0.258. The summed E-state index contributed by atoms with van der Waals surface area (Å²) >= 11 is 0. The summed E-state index contributed by atoms with van der Waals surface area (Å²) in [5.41, 5.74) is 2.38. The van der Waals surface area contributed by atoms with E-state index >= 15 is 0 Å². The van der Waals surface area contributed by atoms with Gasteiger partial charge >= 0.3 is 0 Å². The highest BCUT2D eigenvalue weighted by Crippen LogP contribution is 2.19. The largest absolute Gasteiger partial charge is 0.396 e. The Labute approximate surface area is 144 Å².